The van der Waals surface area contributed by atoms with Gasteiger partial charge in [-0.25, -0.2) is 9.97 Å². The van der Waals surface area contributed by atoms with Gasteiger partial charge in [-0.05, 0) is 45.9 Å². The molecule has 0 aliphatic rings. The summed E-state index contributed by atoms with van der Waals surface area (Å²) in [5.74, 6) is 0.343. The molecule has 1 aromatic carbocycles. The smallest absolute Gasteiger partial charge is 0.282 e. The summed E-state index contributed by atoms with van der Waals surface area (Å²) >= 11 is 0. The molecule has 122 valence electrons. The van der Waals surface area contributed by atoms with Crippen LogP contribution in [0.3, 0.4) is 0 Å². The van der Waals surface area contributed by atoms with Crippen molar-refractivity contribution in [2.45, 2.75) is 27.7 Å². The molecule has 0 saturated carbocycles. The minimum absolute atomic E-state index is 0.214. The molecular weight excluding hydrogens is 302 g/mol. The molecule has 6 heteroatoms. The van der Waals surface area contributed by atoms with Crippen LogP contribution in [0.5, 0.6) is 0 Å². The normalized spacial score (nSPS) is 11.3. The molecule has 2 aromatic heterocycles. The lowest BCUT2D eigenvalue weighted by molar-refractivity contribution is 0.763. The predicted octanol–water partition coefficient (Wildman–Crippen LogP) is 2.94. The standard InChI is InChI=1S/C18H19N5O/c1-11-5-7-15(8-6-11)19-10-16-14(4)22-23(17(16)24)18-20-12(2)9-13(3)21-18/h5-10,22H,1-4H3. The molecule has 0 spiro atoms. The van der Waals surface area contributed by atoms with Crippen molar-refractivity contribution in [3.63, 3.8) is 0 Å². The van der Waals surface area contributed by atoms with Crippen molar-refractivity contribution in [3.8, 4) is 5.95 Å². The lowest BCUT2D eigenvalue weighted by Gasteiger charge is -2.02. The molecule has 0 aliphatic heterocycles. The van der Waals surface area contributed by atoms with Gasteiger partial charge in [0.05, 0.1) is 11.3 Å². The number of aryl methyl sites for hydroxylation is 4. The highest BCUT2D eigenvalue weighted by Gasteiger charge is 2.13. The number of aromatic nitrogens is 4. The second-order valence-electron chi connectivity index (χ2n) is 5.84. The Bertz CT molecular complexity index is 944. The van der Waals surface area contributed by atoms with E-state index in [1.165, 1.54) is 10.2 Å². The summed E-state index contributed by atoms with van der Waals surface area (Å²) in [4.78, 5) is 25.7. The van der Waals surface area contributed by atoms with E-state index >= 15 is 0 Å². The number of hydrogen-bond acceptors (Lipinski definition) is 4. The fourth-order valence-electron chi connectivity index (χ4n) is 2.43. The molecule has 0 amide bonds. The fourth-order valence-corrected chi connectivity index (χ4v) is 2.43. The molecule has 2 heterocycles. The van der Waals surface area contributed by atoms with E-state index in [1.54, 1.807) is 6.21 Å². The van der Waals surface area contributed by atoms with Crippen LogP contribution in [0.25, 0.3) is 5.95 Å². The number of aliphatic imine (C=N–C) groups is 1. The molecular formula is C18H19N5O. The highest BCUT2D eigenvalue weighted by atomic mass is 16.1. The van der Waals surface area contributed by atoms with Crippen molar-refractivity contribution < 1.29 is 0 Å². The van der Waals surface area contributed by atoms with Crippen LogP contribution in [0, 0.1) is 27.7 Å². The van der Waals surface area contributed by atoms with Crippen LogP contribution in [-0.2, 0) is 0 Å². The lowest BCUT2D eigenvalue weighted by Crippen LogP contribution is -2.20. The van der Waals surface area contributed by atoms with Crippen molar-refractivity contribution in [1.82, 2.24) is 19.7 Å². The van der Waals surface area contributed by atoms with Crippen molar-refractivity contribution in [3.05, 3.63) is 68.9 Å². The molecule has 24 heavy (non-hydrogen) atoms. The first-order chi connectivity index (χ1) is 11.4. The predicted molar refractivity (Wildman–Crippen MR) is 94.6 cm³/mol. The van der Waals surface area contributed by atoms with E-state index in [4.69, 9.17) is 0 Å². The fraction of sp³-hybridized carbons (Fsp3) is 0.222. The van der Waals surface area contributed by atoms with Gasteiger partial charge in [0.1, 0.15) is 0 Å². The third-order valence-corrected chi connectivity index (χ3v) is 3.66. The zero-order valence-electron chi connectivity index (χ0n) is 14.2. The minimum atomic E-state index is -0.214. The largest absolute Gasteiger partial charge is 0.292 e. The maximum atomic E-state index is 12.6. The van der Waals surface area contributed by atoms with Crippen LogP contribution in [0.4, 0.5) is 5.69 Å². The van der Waals surface area contributed by atoms with E-state index in [-0.39, 0.29) is 5.56 Å². The Morgan fingerprint density at radius 1 is 1.04 bits per heavy atom. The van der Waals surface area contributed by atoms with Crippen molar-refractivity contribution in [2.24, 2.45) is 4.99 Å². The number of nitrogens with zero attached hydrogens (tertiary/aromatic N) is 4. The molecule has 0 unspecified atom stereocenters. The summed E-state index contributed by atoms with van der Waals surface area (Å²) in [7, 11) is 0. The quantitative estimate of drug-likeness (QED) is 0.754. The lowest BCUT2D eigenvalue weighted by atomic mass is 10.2. The van der Waals surface area contributed by atoms with E-state index in [0.29, 0.717) is 11.5 Å². The van der Waals surface area contributed by atoms with Gasteiger partial charge < -0.3 is 0 Å². The molecule has 3 rings (SSSR count). The van der Waals surface area contributed by atoms with Gasteiger partial charge in [0.15, 0.2) is 0 Å². The summed E-state index contributed by atoms with van der Waals surface area (Å²) < 4.78 is 1.35. The van der Waals surface area contributed by atoms with Crippen LogP contribution in [-0.4, -0.2) is 26.0 Å². The van der Waals surface area contributed by atoms with Gasteiger partial charge >= 0.3 is 0 Å². The van der Waals surface area contributed by atoms with Crippen molar-refractivity contribution in [2.75, 3.05) is 0 Å². The van der Waals surface area contributed by atoms with E-state index in [1.807, 2.05) is 58.0 Å². The van der Waals surface area contributed by atoms with Gasteiger partial charge in [-0.15, -0.1) is 0 Å². The Balaban J connectivity index is 2.00. The summed E-state index contributed by atoms with van der Waals surface area (Å²) in [5, 5.41) is 3.02. The van der Waals surface area contributed by atoms with E-state index in [9.17, 15) is 4.79 Å². The summed E-state index contributed by atoms with van der Waals surface area (Å²) in [5.41, 5.74) is 4.60. The van der Waals surface area contributed by atoms with E-state index in [2.05, 4.69) is 20.1 Å². The second kappa shape index (κ2) is 6.23. The maximum Gasteiger partial charge on any atom is 0.282 e. The molecule has 0 atom stereocenters. The number of aromatic amines is 1. The number of H-pyrrole nitrogens is 1. The topological polar surface area (TPSA) is 75.9 Å². The second-order valence-corrected chi connectivity index (χ2v) is 5.84. The molecule has 0 fully saturated rings. The van der Waals surface area contributed by atoms with Gasteiger partial charge in [-0.3, -0.25) is 14.9 Å². The summed E-state index contributed by atoms with van der Waals surface area (Å²) in [6.07, 6.45) is 1.58. The zero-order chi connectivity index (χ0) is 17.3. The van der Waals surface area contributed by atoms with Crippen LogP contribution in [0.2, 0.25) is 0 Å². The Morgan fingerprint density at radius 2 is 1.67 bits per heavy atom. The summed E-state index contributed by atoms with van der Waals surface area (Å²) in [6, 6.07) is 9.67. The molecule has 0 saturated heterocycles. The van der Waals surface area contributed by atoms with Crippen LogP contribution < -0.4 is 5.56 Å². The number of benzene rings is 1. The van der Waals surface area contributed by atoms with Crippen LogP contribution in [0.1, 0.15) is 28.2 Å². The van der Waals surface area contributed by atoms with Gasteiger partial charge in [0.25, 0.3) is 11.5 Å². The maximum absolute atomic E-state index is 12.6. The van der Waals surface area contributed by atoms with Crippen LogP contribution >= 0.6 is 0 Å². The third-order valence-electron chi connectivity index (χ3n) is 3.66. The first-order valence-corrected chi connectivity index (χ1v) is 7.69. The van der Waals surface area contributed by atoms with Crippen molar-refractivity contribution >= 4 is 11.9 Å². The average molecular weight is 321 g/mol. The summed E-state index contributed by atoms with van der Waals surface area (Å²) in [6.45, 7) is 7.60. The Morgan fingerprint density at radius 3 is 2.29 bits per heavy atom. The average Bonchev–Trinajstić information content (AvgIpc) is 2.81. The molecule has 0 bridgehead atoms. The van der Waals surface area contributed by atoms with E-state index in [0.717, 1.165) is 22.8 Å². The Labute approximate surface area is 139 Å². The number of nitrogens with one attached hydrogen (secondary N) is 1. The molecule has 3 aromatic rings. The molecule has 0 aliphatic carbocycles. The molecule has 6 nitrogen and oxygen atoms in total. The number of rotatable bonds is 3. The Hall–Kier alpha value is -3.02. The number of hydrogen-bond donors (Lipinski definition) is 1. The highest BCUT2D eigenvalue weighted by Crippen LogP contribution is 2.12. The molecule has 1 N–H and O–H groups in total. The van der Waals surface area contributed by atoms with E-state index < -0.39 is 0 Å². The minimum Gasteiger partial charge on any atom is -0.292 e. The van der Waals surface area contributed by atoms with Crippen LogP contribution in [0.15, 0.2) is 40.1 Å². The van der Waals surface area contributed by atoms with Gasteiger partial charge in [0, 0.05) is 23.3 Å². The first kappa shape index (κ1) is 15.9. The third kappa shape index (κ3) is 3.17. The Kier molecular flexibility index (Phi) is 4.12. The van der Waals surface area contributed by atoms with Crippen molar-refractivity contribution in [1.29, 1.82) is 0 Å². The zero-order valence-corrected chi connectivity index (χ0v) is 14.2. The molecule has 0 radical (unpaired) electrons. The van der Waals surface area contributed by atoms with Gasteiger partial charge in [-0.2, -0.15) is 4.68 Å². The SMILES string of the molecule is Cc1ccc(N=Cc2c(C)[nH]n(-c3nc(C)cc(C)n3)c2=O)cc1. The monoisotopic (exact) mass is 321 g/mol. The highest BCUT2D eigenvalue weighted by molar-refractivity contribution is 5.82. The van der Waals surface area contributed by atoms with Gasteiger partial charge in [0.2, 0.25) is 0 Å². The first-order valence-electron chi connectivity index (χ1n) is 7.69. The van der Waals surface area contributed by atoms with Gasteiger partial charge in [-0.1, -0.05) is 17.7 Å².